The van der Waals surface area contributed by atoms with E-state index < -0.39 is 5.54 Å². The maximum absolute atomic E-state index is 13.3. The smallest absolute Gasteiger partial charge is 0.233 e. The van der Waals surface area contributed by atoms with E-state index in [0.29, 0.717) is 35.0 Å². The number of likely N-dealkylation sites (N-methyl/N-ethyl adjacent to an activating group) is 1. The third-order valence-electron chi connectivity index (χ3n) is 6.37. The molecule has 6 nitrogen and oxygen atoms in total. The van der Waals surface area contributed by atoms with Crippen LogP contribution in [0.5, 0.6) is 0 Å². The molecule has 172 valence electrons. The van der Waals surface area contributed by atoms with Gasteiger partial charge >= 0.3 is 0 Å². The molecule has 1 aliphatic rings. The van der Waals surface area contributed by atoms with Crippen molar-refractivity contribution in [1.82, 2.24) is 19.7 Å². The van der Waals surface area contributed by atoms with Gasteiger partial charge in [-0.25, -0.2) is 0 Å². The average molecular weight is 483 g/mol. The highest BCUT2D eigenvalue weighted by atomic mass is 35.5. The van der Waals surface area contributed by atoms with E-state index in [1.807, 2.05) is 48.0 Å². The summed E-state index contributed by atoms with van der Waals surface area (Å²) in [6.45, 7) is 0. The molecule has 1 aromatic heterocycles. The van der Waals surface area contributed by atoms with Gasteiger partial charge in [-0.2, -0.15) is 0 Å². The van der Waals surface area contributed by atoms with Gasteiger partial charge in [0.05, 0.1) is 5.75 Å². The molecule has 1 atom stereocenters. The minimum absolute atomic E-state index is 0.0477. The SMILES string of the molecule is CN(C(=O)CSc1nnc(Cc2ccccc2)n1C)[C@]1(c2ccccc2Cl)CCCCC1=O. The predicted molar refractivity (Wildman–Crippen MR) is 130 cm³/mol. The zero-order chi connectivity index (χ0) is 23.4. The lowest BCUT2D eigenvalue weighted by atomic mass is 9.74. The molecule has 1 aliphatic carbocycles. The van der Waals surface area contributed by atoms with Gasteiger partial charge in [0.25, 0.3) is 0 Å². The van der Waals surface area contributed by atoms with Crippen LogP contribution in [0, 0.1) is 0 Å². The van der Waals surface area contributed by atoms with Crippen LogP contribution in [0.3, 0.4) is 0 Å². The van der Waals surface area contributed by atoms with Crippen LogP contribution in [-0.4, -0.2) is 44.2 Å². The number of ketones is 1. The molecule has 8 heteroatoms. The second kappa shape index (κ2) is 10.1. The van der Waals surface area contributed by atoms with E-state index in [-0.39, 0.29) is 17.4 Å². The van der Waals surface area contributed by atoms with Gasteiger partial charge in [-0.1, -0.05) is 71.9 Å². The first kappa shape index (κ1) is 23.5. The lowest BCUT2D eigenvalue weighted by molar-refractivity contribution is -0.146. The Morgan fingerprint density at radius 1 is 1.12 bits per heavy atom. The Morgan fingerprint density at radius 2 is 1.85 bits per heavy atom. The first-order chi connectivity index (χ1) is 15.9. The zero-order valence-electron chi connectivity index (χ0n) is 18.8. The first-order valence-electron chi connectivity index (χ1n) is 11.0. The molecular formula is C25H27ClN4O2S. The van der Waals surface area contributed by atoms with Gasteiger partial charge in [0.15, 0.2) is 10.9 Å². The number of halogens is 1. The van der Waals surface area contributed by atoms with Crippen LogP contribution in [0.2, 0.25) is 5.02 Å². The number of hydrogen-bond donors (Lipinski definition) is 0. The van der Waals surface area contributed by atoms with Crippen LogP contribution >= 0.6 is 23.4 Å². The van der Waals surface area contributed by atoms with Crippen LogP contribution < -0.4 is 0 Å². The molecule has 4 rings (SSSR count). The van der Waals surface area contributed by atoms with E-state index >= 15 is 0 Å². The molecular weight excluding hydrogens is 456 g/mol. The summed E-state index contributed by atoms with van der Waals surface area (Å²) in [6, 6.07) is 17.4. The van der Waals surface area contributed by atoms with Gasteiger partial charge in [0.2, 0.25) is 5.91 Å². The number of amides is 1. The summed E-state index contributed by atoms with van der Waals surface area (Å²) in [5, 5.41) is 9.77. The standard InChI is InChI=1S/C25H27ClN4O2S/c1-29-22(16-18-10-4-3-5-11-18)27-28-24(29)33-17-23(32)30(2)25(15-9-8-14-21(25)31)19-12-6-7-13-20(19)26/h3-7,10-13H,8-9,14-17H2,1-2H3/t25-/m0/s1. The summed E-state index contributed by atoms with van der Waals surface area (Å²) in [6.07, 6.45) is 3.40. The molecule has 0 aliphatic heterocycles. The number of nitrogens with zero attached hydrogens (tertiary/aromatic N) is 4. The number of thioether (sulfide) groups is 1. The van der Waals surface area contributed by atoms with E-state index in [2.05, 4.69) is 22.3 Å². The predicted octanol–water partition coefficient (Wildman–Crippen LogP) is 4.65. The van der Waals surface area contributed by atoms with Crippen molar-refractivity contribution in [1.29, 1.82) is 0 Å². The molecule has 1 heterocycles. The third-order valence-corrected chi connectivity index (χ3v) is 7.71. The second-order valence-corrected chi connectivity index (χ2v) is 9.68. The highest BCUT2D eigenvalue weighted by molar-refractivity contribution is 7.99. The summed E-state index contributed by atoms with van der Waals surface area (Å²) < 4.78 is 1.92. The van der Waals surface area contributed by atoms with E-state index in [4.69, 9.17) is 11.6 Å². The van der Waals surface area contributed by atoms with Crippen molar-refractivity contribution in [2.45, 2.75) is 42.8 Å². The number of hydrogen-bond acceptors (Lipinski definition) is 5. The Balaban J connectivity index is 1.51. The Bertz CT molecular complexity index is 1150. The summed E-state index contributed by atoms with van der Waals surface area (Å²) in [5.41, 5.74) is 0.839. The molecule has 0 unspecified atom stereocenters. The molecule has 0 N–H and O–H groups in total. The van der Waals surface area contributed by atoms with Crippen molar-refractivity contribution in [2.75, 3.05) is 12.8 Å². The Hall–Kier alpha value is -2.64. The van der Waals surface area contributed by atoms with Crippen LogP contribution in [0.25, 0.3) is 0 Å². The highest BCUT2D eigenvalue weighted by Gasteiger charge is 2.47. The second-order valence-electron chi connectivity index (χ2n) is 8.33. The van der Waals surface area contributed by atoms with Crippen molar-refractivity contribution in [3.8, 4) is 0 Å². The Kier molecular flexibility index (Phi) is 7.20. The van der Waals surface area contributed by atoms with E-state index in [1.165, 1.54) is 11.8 Å². The fourth-order valence-electron chi connectivity index (χ4n) is 4.47. The fourth-order valence-corrected chi connectivity index (χ4v) is 5.60. The number of aromatic nitrogens is 3. The molecule has 0 saturated heterocycles. The molecule has 1 amide bonds. The molecule has 0 radical (unpaired) electrons. The van der Waals surface area contributed by atoms with Gasteiger partial charge in [-0.3, -0.25) is 9.59 Å². The molecule has 0 spiro atoms. The molecule has 33 heavy (non-hydrogen) atoms. The van der Waals surface area contributed by atoms with Crippen LogP contribution in [0.1, 0.15) is 42.6 Å². The van der Waals surface area contributed by atoms with Crippen LogP contribution in [0.15, 0.2) is 59.8 Å². The molecule has 1 saturated carbocycles. The molecule has 1 fully saturated rings. The normalized spacial score (nSPS) is 18.3. The fraction of sp³-hybridized carbons (Fsp3) is 0.360. The monoisotopic (exact) mass is 482 g/mol. The average Bonchev–Trinajstić information content (AvgIpc) is 3.17. The zero-order valence-corrected chi connectivity index (χ0v) is 20.4. The first-order valence-corrected chi connectivity index (χ1v) is 12.4. The van der Waals surface area contributed by atoms with E-state index in [0.717, 1.165) is 24.2 Å². The maximum Gasteiger partial charge on any atom is 0.233 e. The highest BCUT2D eigenvalue weighted by Crippen LogP contribution is 2.42. The van der Waals surface area contributed by atoms with Crippen molar-refractivity contribution < 1.29 is 9.59 Å². The summed E-state index contributed by atoms with van der Waals surface area (Å²) >= 11 is 7.84. The van der Waals surface area contributed by atoms with Gasteiger partial charge in [-0.05, 0) is 30.9 Å². The van der Waals surface area contributed by atoms with Crippen molar-refractivity contribution >= 4 is 35.1 Å². The van der Waals surface area contributed by atoms with Crippen molar-refractivity contribution in [3.05, 3.63) is 76.6 Å². The minimum Gasteiger partial charge on any atom is -0.328 e. The lowest BCUT2D eigenvalue weighted by Crippen LogP contribution is -2.54. The van der Waals surface area contributed by atoms with Gasteiger partial charge in [0, 0.05) is 37.5 Å². The van der Waals surface area contributed by atoms with Crippen LogP contribution in [0.4, 0.5) is 0 Å². The van der Waals surface area contributed by atoms with Crippen molar-refractivity contribution in [3.63, 3.8) is 0 Å². The summed E-state index contributed by atoms with van der Waals surface area (Å²) in [5.74, 6) is 0.904. The molecule has 2 aromatic carbocycles. The quantitative estimate of drug-likeness (QED) is 0.458. The lowest BCUT2D eigenvalue weighted by Gasteiger charge is -2.44. The van der Waals surface area contributed by atoms with Crippen LogP contribution in [-0.2, 0) is 28.6 Å². The third kappa shape index (κ3) is 4.70. The molecule has 3 aromatic rings. The van der Waals surface area contributed by atoms with Gasteiger partial charge < -0.3 is 9.47 Å². The number of carbonyl (C=O) groups is 2. The van der Waals surface area contributed by atoms with Crippen molar-refractivity contribution in [2.24, 2.45) is 7.05 Å². The number of Topliss-reactive ketones (excluding diaryl/α,β-unsaturated/α-hetero) is 1. The number of rotatable bonds is 7. The van der Waals surface area contributed by atoms with E-state index in [1.54, 1.807) is 18.0 Å². The minimum atomic E-state index is -1.02. The largest absolute Gasteiger partial charge is 0.328 e. The topological polar surface area (TPSA) is 68.1 Å². The maximum atomic E-state index is 13.3. The van der Waals surface area contributed by atoms with E-state index in [9.17, 15) is 9.59 Å². The molecule has 0 bridgehead atoms. The summed E-state index contributed by atoms with van der Waals surface area (Å²) in [7, 11) is 3.62. The van der Waals surface area contributed by atoms with Gasteiger partial charge in [-0.15, -0.1) is 10.2 Å². The number of carbonyl (C=O) groups excluding carboxylic acids is 2. The Labute approximate surface area is 203 Å². The summed E-state index contributed by atoms with van der Waals surface area (Å²) in [4.78, 5) is 28.1. The number of benzene rings is 2. The van der Waals surface area contributed by atoms with Gasteiger partial charge in [0.1, 0.15) is 11.4 Å². The Morgan fingerprint density at radius 3 is 2.58 bits per heavy atom.